The highest BCUT2D eigenvalue weighted by Gasteiger charge is 2.18. The van der Waals surface area contributed by atoms with Gasteiger partial charge >= 0.3 is 0 Å². The van der Waals surface area contributed by atoms with E-state index >= 15 is 0 Å². The lowest BCUT2D eigenvalue weighted by Crippen LogP contribution is -2.44. The van der Waals surface area contributed by atoms with Crippen molar-refractivity contribution in [2.45, 2.75) is 25.4 Å². The van der Waals surface area contributed by atoms with E-state index in [4.69, 9.17) is 0 Å². The van der Waals surface area contributed by atoms with E-state index in [9.17, 15) is 0 Å². The van der Waals surface area contributed by atoms with E-state index in [0.29, 0.717) is 6.04 Å². The Balaban J connectivity index is 1.19. The first kappa shape index (κ1) is 20.6. The maximum Gasteiger partial charge on any atom is 0.110 e. The van der Waals surface area contributed by atoms with Crippen molar-refractivity contribution < 1.29 is 0 Å². The Bertz CT molecular complexity index is 1140. The van der Waals surface area contributed by atoms with Crippen LogP contribution >= 0.6 is 11.3 Å². The van der Waals surface area contributed by atoms with Gasteiger partial charge < -0.3 is 15.1 Å². The third-order valence-electron chi connectivity index (χ3n) is 6.36. The second-order valence-electron chi connectivity index (χ2n) is 8.87. The first-order valence-corrected chi connectivity index (χ1v) is 12.0. The fourth-order valence-electron chi connectivity index (χ4n) is 4.43. The van der Waals surface area contributed by atoms with Crippen LogP contribution in [0.3, 0.4) is 0 Å². The zero-order valence-electron chi connectivity index (χ0n) is 18.4. The van der Waals surface area contributed by atoms with Crippen LogP contribution in [0.25, 0.3) is 31.6 Å². The minimum Gasteiger partial charge on any atom is -0.310 e. The number of likely N-dealkylation sites (N-methyl/N-ethyl adjacent to an activating group) is 1. The van der Waals surface area contributed by atoms with E-state index in [1.165, 1.54) is 58.4 Å². The van der Waals surface area contributed by atoms with Gasteiger partial charge in [-0.15, -0.1) is 11.3 Å². The number of piperidine rings is 1. The fourth-order valence-corrected chi connectivity index (χ4v) is 5.59. The van der Waals surface area contributed by atoms with Crippen molar-refractivity contribution in [2.24, 2.45) is 0 Å². The Morgan fingerprint density at radius 1 is 1.10 bits per heavy atom. The Kier molecular flexibility index (Phi) is 6.05. The number of fused-ring (bicyclic) bond motifs is 3. The molecule has 1 aliphatic heterocycles. The summed E-state index contributed by atoms with van der Waals surface area (Å²) in [5.41, 5.74) is 4.72. The Morgan fingerprint density at radius 3 is 2.65 bits per heavy atom. The molecule has 2 aromatic heterocycles. The Hall–Kier alpha value is -2.25. The summed E-state index contributed by atoms with van der Waals surface area (Å²) in [6.45, 7) is 5.67. The van der Waals surface area contributed by atoms with Gasteiger partial charge in [-0.3, -0.25) is 5.10 Å². The molecule has 2 N–H and O–H groups in total. The van der Waals surface area contributed by atoms with E-state index in [1.807, 2.05) is 11.3 Å². The second-order valence-corrected chi connectivity index (χ2v) is 9.92. The summed E-state index contributed by atoms with van der Waals surface area (Å²) < 4.78 is 2.55. The molecule has 1 fully saturated rings. The fraction of sp³-hybridized carbons (Fsp3) is 0.400. The Morgan fingerprint density at radius 2 is 1.87 bits per heavy atom. The van der Waals surface area contributed by atoms with Crippen molar-refractivity contribution in [1.82, 2.24) is 25.3 Å². The minimum absolute atomic E-state index is 0.625. The second kappa shape index (κ2) is 9.09. The number of hydrogen-bond donors (Lipinski definition) is 2. The number of benzene rings is 2. The maximum absolute atomic E-state index is 4.62. The van der Waals surface area contributed by atoms with Crippen LogP contribution in [0.1, 0.15) is 18.4 Å². The van der Waals surface area contributed by atoms with Crippen LogP contribution in [0.5, 0.6) is 0 Å². The van der Waals surface area contributed by atoms with E-state index in [-0.39, 0.29) is 0 Å². The van der Waals surface area contributed by atoms with Gasteiger partial charge in [0.25, 0.3) is 0 Å². The molecule has 5 nitrogen and oxygen atoms in total. The minimum atomic E-state index is 0.625. The largest absolute Gasteiger partial charge is 0.310 e. The van der Waals surface area contributed by atoms with Gasteiger partial charge in [-0.25, -0.2) is 0 Å². The molecule has 1 saturated heterocycles. The molecule has 0 atom stereocenters. The summed E-state index contributed by atoms with van der Waals surface area (Å²) in [6, 6.07) is 18.0. The third-order valence-corrected chi connectivity index (χ3v) is 7.54. The average molecular weight is 434 g/mol. The van der Waals surface area contributed by atoms with Crippen molar-refractivity contribution in [1.29, 1.82) is 0 Å². The van der Waals surface area contributed by atoms with Gasteiger partial charge in [-0.1, -0.05) is 42.5 Å². The highest BCUT2D eigenvalue weighted by Crippen LogP contribution is 2.38. The molecule has 0 spiro atoms. The van der Waals surface area contributed by atoms with Crippen LogP contribution in [0.15, 0.2) is 48.5 Å². The van der Waals surface area contributed by atoms with Gasteiger partial charge in [-0.2, -0.15) is 5.10 Å². The summed E-state index contributed by atoms with van der Waals surface area (Å²) in [4.78, 5) is 4.86. The van der Waals surface area contributed by atoms with Crippen molar-refractivity contribution in [2.75, 3.05) is 40.3 Å². The molecule has 0 amide bonds. The SMILES string of the molecule is CN(C)CCN1CCC(NCc2ccc(-c3n[nH]c4c3sc3ccccc34)cc2)CC1. The lowest BCUT2D eigenvalue weighted by Gasteiger charge is -2.33. The topological polar surface area (TPSA) is 47.2 Å². The van der Waals surface area contributed by atoms with E-state index in [2.05, 4.69) is 87.9 Å². The lowest BCUT2D eigenvalue weighted by atomic mass is 10.0. The van der Waals surface area contributed by atoms with Gasteiger partial charge in [0.15, 0.2) is 0 Å². The molecule has 2 aromatic carbocycles. The first-order valence-electron chi connectivity index (χ1n) is 11.2. The monoisotopic (exact) mass is 433 g/mol. The van der Waals surface area contributed by atoms with Gasteiger partial charge in [-0.05, 0) is 51.7 Å². The van der Waals surface area contributed by atoms with Crippen LogP contribution in [0.2, 0.25) is 0 Å². The molecule has 31 heavy (non-hydrogen) atoms. The molecule has 0 radical (unpaired) electrons. The summed E-state index contributed by atoms with van der Waals surface area (Å²) >= 11 is 1.82. The molecule has 1 aliphatic rings. The molecule has 0 aliphatic carbocycles. The number of hydrogen-bond acceptors (Lipinski definition) is 5. The summed E-state index contributed by atoms with van der Waals surface area (Å²) in [5, 5.41) is 12.9. The summed E-state index contributed by atoms with van der Waals surface area (Å²) in [6.07, 6.45) is 2.48. The van der Waals surface area contributed by atoms with Gasteiger partial charge in [0.2, 0.25) is 0 Å². The number of aromatic amines is 1. The van der Waals surface area contributed by atoms with E-state index in [0.717, 1.165) is 24.3 Å². The predicted molar refractivity (Wildman–Crippen MR) is 132 cm³/mol. The molecular formula is C25H31N5S. The number of nitrogens with zero attached hydrogens (tertiary/aromatic N) is 3. The highest BCUT2D eigenvalue weighted by molar-refractivity contribution is 7.26. The quantitative estimate of drug-likeness (QED) is 0.449. The highest BCUT2D eigenvalue weighted by atomic mass is 32.1. The van der Waals surface area contributed by atoms with Crippen molar-refractivity contribution in [3.63, 3.8) is 0 Å². The zero-order chi connectivity index (χ0) is 21.2. The number of nitrogens with one attached hydrogen (secondary N) is 2. The lowest BCUT2D eigenvalue weighted by molar-refractivity contribution is 0.182. The molecule has 162 valence electrons. The Labute approximate surface area is 188 Å². The molecule has 0 unspecified atom stereocenters. The molecule has 0 saturated carbocycles. The van der Waals surface area contributed by atoms with Crippen LogP contribution in [-0.4, -0.2) is 66.3 Å². The maximum atomic E-state index is 4.62. The average Bonchev–Trinajstić information content (AvgIpc) is 3.37. The van der Waals surface area contributed by atoms with E-state index < -0.39 is 0 Å². The smallest absolute Gasteiger partial charge is 0.110 e. The number of H-pyrrole nitrogens is 1. The van der Waals surface area contributed by atoms with Crippen LogP contribution in [0, 0.1) is 0 Å². The van der Waals surface area contributed by atoms with Gasteiger partial charge in [0.1, 0.15) is 5.69 Å². The molecule has 4 aromatic rings. The summed E-state index contributed by atoms with van der Waals surface area (Å²) in [7, 11) is 4.30. The van der Waals surface area contributed by atoms with Crippen LogP contribution < -0.4 is 5.32 Å². The molecule has 0 bridgehead atoms. The van der Waals surface area contributed by atoms with Gasteiger partial charge in [0, 0.05) is 41.3 Å². The first-order chi connectivity index (χ1) is 15.2. The van der Waals surface area contributed by atoms with Crippen molar-refractivity contribution in [3.05, 3.63) is 54.1 Å². The molecule has 3 heterocycles. The standard InChI is InChI=1S/C25H31N5S/c1-29(2)15-16-30-13-11-20(12-14-30)26-17-18-7-9-19(10-8-18)23-25-24(28-27-23)21-5-3-4-6-22(21)31-25/h3-10,20,26H,11-17H2,1-2H3,(H,27,28). The normalized spacial score (nSPS) is 16.1. The molecule has 5 rings (SSSR count). The van der Waals surface area contributed by atoms with Crippen LogP contribution in [-0.2, 0) is 6.54 Å². The zero-order valence-corrected chi connectivity index (χ0v) is 19.2. The van der Waals surface area contributed by atoms with Crippen LogP contribution in [0.4, 0.5) is 0 Å². The van der Waals surface area contributed by atoms with Crippen molar-refractivity contribution in [3.8, 4) is 11.3 Å². The number of aromatic nitrogens is 2. The number of rotatable bonds is 7. The van der Waals surface area contributed by atoms with Crippen molar-refractivity contribution >= 4 is 31.6 Å². The molecular weight excluding hydrogens is 402 g/mol. The van der Waals surface area contributed by atoms with Gasteiger partial charge in [0.05, 0.1) is 10.2 Å². The third kappa shape index (κ3) is 4.53. The number of thiophene rings is 1. The van der Waals surface area contributed by atoms with E-state index in [1.54, 1.807) is 0 Å². The summed E-state index contributed by atoms with van der Waals surface area (Å²) in [5.74, 6) is 0. The molecule has 6 heteroatoms. The predicted octanol–water partition coefficient (Wildman–Crippen LogP) is 4.56. The number of likely N-dealkylation sites (tertiary alicyclic amines) is 1.